The van der Waals surface area contributed by atoms with E-state index in [1.165, 1.54) is 0 Å². The molecular weight excluding hydrogens is 380 g/mol. The summed E-state index contributed by atoms with van der Waals surface area (Å²) in [6.07, 6.45) is 6.92. The minimum atomic E-state index is -0.731. The summed E-state index contributed by atoms with van der Waals surface area (Å²) in [4.78, 5) is 11.1. The van der Waals surface area contributed by atoms with Gasteiger partial charge in [0.15, 0.2) is 0 Å². The maximum absolute atomic E-state index is 11.3. The molecule has 4 rings (SSSR count). The van der Waals surface area contributed by atoms with E-state index in [0.717, 1.165) is 44.9 Å². The fourth-order valence-corrected chi connectivity index (χ4v) is 9.13. The van der Waals surface area contributed by atoms with Crippen molar-refractivity contribution in [1.82, 2.24) is 0 Å². The molecule has 6 unspecified atom stereocenters. The molecule has 30 heavy (non-hydrogen) atoms. The zero-order valence-electron chi connectivity index (χ0n) is 19.0. The number of hydrogen-bond acceptors (Lipinski definition) is 4. The molecule has 0 heterocycles. The zero-order valence-corrected chi connectivity index (χ0v) is 19.0. The minimum Gasteiger partial charge on any atom is -0.481 e. The van der Waals surface area contributed by atoms with Gasteiger partial charge < -0.3 is 20.4 Å². The van der Waals surface area contributed by atoms with Crippen LogP contribution < -0.4 is 0 Å². The van der Waals surface area contributed by atoms with Gasteiger partial charge in [-0.3, -0.25) is 4.79 Å². The third-order valence-electron chi connectivity index (χ3n) is 10.8. The van der Waals surface area contributed by atoms with Gasteiger partial charge in [0, 0.05) is 13.0 Å². The monoisotopic (exact) mass is 422 g/mol. The Morgan fingerprint density at radius 2 is 1.80 bits per heavy atom. The van der Waals surface area contributed by atoms with E-state index < -0.39 is 5.97 Å². The van der Waals surface area contributed by atoms with Crippen molar-refractivity contribution >= 4 is 5.97 Å². The lowest BCUT2D eigenvalue weighted by molar-refractivity contribution is -0.196. The van der Waals surface area contributed by atoms with Crippen LogP contribution in [0.5, 0.6) is 0 Å². The summed E-state index contributed by atoms with van der Waals surface area (Å²) in [5.74, 6) is 1.64. The third kappa shape index (κ3) is 3.34. The number of hydrogen-bond donors (Lipinski definition) is 4. The van der Waals surface area contributed by atoms with E-state index in [4.69, 9.17) is 5.11 Å². The van der Waals surface area contributed by atoms with Gasteiger partial charge in [0.05, 0.1) is 12.2 Å². The summed E-state index contributed by atoms with van der Waals surface area (Å²) in [6.45, 7) is 7.11. The van der Waals surface area contributed by atoms with Crippen LogP contribution >= 0.6 is 0 Å². The lowest BCUT2D eigenvalue weighted by Crippen LogP contribution is -2.61. The normalized spacial score (nSPS) is 51.5. The van der Waals surface area contributed by atoms with Gasteiger partial charge in [-0.1, -0.05) is 20.8 Å². The number of aliphatic hydroxyl groups excluding tert-OH is 3. The molecular formula is C25H42O5. The van der Waals surface area contributed by atoms with Crippen LogP contribution in [0, 0.1) is 52.3 Å². The van der Waals surface area contributed by atoms with Crippen molar-refractivity contribution in [3.63, 3.8) is 0 Å². The highest BCUT2D eigenvalue weighted by molar-refractivity contribution is 5.66. The summed E-state index contributed by atoms with van der Waals surface area (Å²) < 4.78 is 0. The summed E-state index contributed by atoms with van der Waals surface area (Å²) in [5.41, 5.74) is 0.108. The summed E-state index contributed by atoms with van der Waals surface area (Å²) in [5, 5.41) is 41.3. The molecule has 5 nitrogen and oxygen atoms in total. The Labute approximate surface area is 181 Å². The molecule has 0 saturated heterocycles. The van der Waals surface area contributed by atoms with Crippen LogP contribution in [-0.4, -0.2) is 45.2 Å². The molecule has 4 aliphatic carbocycles. The van der Waals surface area contributed by atoms with E-state index in [1.54, 1.807) is 0 Å². The lowest BCUT2D eigenvalue weighted by atomic mass is 9.41. The van der Waals surface area contributed by atoms with Gasteiger partial charge in [-0.2, -0.15) is 0 Å². The van der Waals surface area contributed by atoms with E-state index >= 15 is 0 Å². The second-order valence-electron chi connectivity index (χ2n) is 11.8. The van der Waals surface area contributed by atoms with Crippen LogP contribution in [0.25, 0.3) is 0 Å². The highest BCUT2D eigenvalue weighted by atomic mass is 16.4. The molecule has 0 bridgehead atoms. The number of aliphatic hydroxyl groups is 3. The zero-order chi connectivity index (χ0) is 21.8. The molecule has 0 aliphatic heterocycles. The predicted molar refractivity (Wildman–Crippen MR) is 115 cm³/mol. The Morgan fingerprint density at radius 3 is 2.47 bits per heavy atom. The highest BCUT2D eigenvalue weighted by Crippen LogP contribution is 2.69. The molecule has 0 aromatic rings. The lowest BCUT2D eigenvalue weighted by Gasteiger charge is -2.64. The van der Waals surface area contributed by atoms with Crippen LogP contribution in [0.3, 0.4) is 0 Å². The highest BCUT2D eigenvalue weighted by Gasteiger charge is 2.65. The van der Waals surface area contributed by atoms with Crippen LogP contribution in [0.2, 0.25) is 0 Å². The van der Waals surface area contributed by atoms with Gasteiger partial charge in [-0.05, 0) is 104 Å². The third-order valence-corrected chi connectivity index (χ3v) is 10.8. The molecule has 0 aromatic carbocycles. The number of aliphatic carboxylic acids is 1. The SMILES string of the molecule is CC(CCC(=O)O)C1CC[C@H]2[C@@H]3C(CC(CO)C12C)C1(C)CC[C@@H](O)C[C@H]1C[C@@H]3O. The van der Waals surface area contributed by atoms with Gasteiger partial charge in [-0.25, -0.2) is 0 Å². The maximum atomic E-state index is 11.3. The first-order chi connectivity index (χ1) is 14.1. The molecule has 4 fully saturated rings. The number of carbonyl (C=O) groups is 1. The van der Waals surface area contributed by atoms with E-state index in [2.05, 4.69) is 20.8 Å². The van der Waals surface area contributed by atoms with Crippen molar-refractivity contribution in [1.29, 1.82) is 0 Å². The molecule has 0 radical (unpaired) electrons. The Morgan fingerprint density at radius 1 is 1.07 bits per heavy atom. The van der Waals surface area contributed by atoms with Crippen molar-refractivity contribution in [3.05, 3.63) is 0 Å². The van der Waals surface area contributed by atoms with Gasteiger partial charge >= 0.3 is 5.97 Å². The standard InChI is InChI=1S/C25H42O5/c1-14(4-7-22(29)30)18-5-6-19-23-20(11-16(13-26)25(18,19)3)24(2)9-8-17(27)10-15(24)12-21(23)28/h14-21,23,26-28H,4-13H2,1-3H3,(H,29,30)/t14?,15-,16?,17+,18?,19-,20?,21-,23+,24?,25?/m0/s1. The Balaban J connectivity index is 1.64. The summed E-state index contributed by atoms with van der Waals surface area (Å²) in [6, 6.07) is 0. The van der Waals surface area contributed by atoms with E-state index in [1.807, 2.05) is 0 Å². The topological polar surface area (TPSA) is 98.0 Å². The average Bonchev–Trinajstić information content (AvgIpc) is 3.04. The molecule has 4 N–H and O–H groups in total. The molecule has 0 amide bonds. The quantitative estimate of drug-likeness (QED) is 0.542. The molecule has 4 aliphatic rings. The molecule has 0 spiro atoms. The van der Waals surface area contributed by atoms with Gasteiger partial charge in [-0.15, -0.1) is 0 Å². The van der Waals surface area contributed by atoms with Crippen molar-refractivity contribution in [3.8, 4) is 0 Å². The van der Waals surface area contributed by atoms with Crippen LogP contribution in [0.1, 0.15) is 78.6 Å². The van der Waals surface area contributed by atoms with Crippen molar-refractivity contribution in [2.45, 2.75) is 90.8 Å². The molecule has 4 saturated carbocycles. The maximum Gasteiger partial charge on any atom is 0.303 e. The Kier molecular flexibility index (Phi) is 6.04. The second kappa shape index (κ2) is 8.04. The van der Waals surface area contributed by atoms with Gasteiger partial charge in [0.2, 0.25) is 0 Å². The largest absolute Gasteiger partial charge is 0.481 e. The average molecular weight is 423 g/mol. The summed E-state index contributed by atoms with van der Waals surface area (Å²) in [7, 11) is 0. The minimum absolute atomic E-state index is 0.0355. The first-order valence-electron chi connectivity index (χ1n) is 12.3. The van der Waals surface area contributed by atoms with E-state index in [9.17, 15) is 20.1 Å². The molecule has 0 aromatic heterocycles. The van der Waals surface area contributed by atoms with Crippen molar-refractivity contribution in [2.24, 2.45) is 52.3 Å². The molecule has 172 valence electrons. The second-order valence-corrected chi connectivity index (χ2v) is 11.8. The van der Waals surface area contributed by atoms with Gasteiger partial charge in [0.25, 0.3) is 0 Å². The van der Waals surface area contributed by atoms with E-state index in [0.29, 0.717) is 36.0 Å². The Bertz CT molecular complexity index is 651. The fourth-order valence-electron chi connectivity index (χ4n) is 9.13. The van der Waals surface area contributed by atoms with Crippen LogP contribution in [-0.2, 0) is 4.79 Å². The number of fused-ring (bicyclic) bond motifs is 5. The number of rotatable bonds is 5. The van der Waals surface area contributed by atoms with Crippen LogP contribution in [0.15, 0.2) is 0 Å². The van der Waals surface area contributed by atoms with Crippen molar-refractivity contribution < 1.29 is 25.2 Å². The van der Waals surface area contributed by atoms with E-state index in [-0.39, 0.29) is 47.9 Å². The van der Waals surface area contributed by atoms with Crippen molar-refractivity contribution in [2.75, 3.05) is 6.61 Å². The number of carboxylic acid groups (broad SMARTS) is 1. The number of carboxylic acids is 1. The fraction of sp³-hybridized carbons (Fsp3) is 0.960. The first-order valence-corrected chi connectivity index (χ1v) is 12.3. The predicted octanol–water partition coefficient (Wildman–Crippen LogP) is 3.70. The van der Waals surface area contributed by atoms with Crippen LogP contribution in [0.4, 0.5) is 0 Å². The molecule has 5 heteroatoms. The first kappa shape index (κ1) is 22.5. The molecule has 11 atom stereocenters. The smallest absolute Gasteiger partial charge is 0.303 e. The summed E-state index contributed by atoms with van der Waals surface area (Å²) >= 11 is 0. The van der Waals surface area contributed by atoms with Gasteiger partial charge in [0.1, 0.15) is 0 Å². The Hall–Kier alpha value is -0.650.